The first-order valence-electron chi connectivity index (χ1n) is 9.37. The van der Waals surface area contributed by atoms with Crippen LogP contribution in [0.3, 0.4) is 0 Å². The molecule has 0 spiro atoms. The van der Waals surface area contributed by atoms with Gasteiger partial charge in [0.05, 0.1) is 13.0 Å². The Labute approximate surface area is 201 Å². The zero-order chi connectivity index (χ0) is 22.3. The molecule has 174 valence electrons. The first kappa shape index (κ1) is 27.3. The summed E-state index contributed by atoms with van der Waals surface area (Å²) in [6, 6.07) is 7.15. The minimum atomic E-state index is -4.44. The van der Waals surface area contributed by atoms with E-state index < -0.39 is 18.6 Å². The summed E-state index contributed by atoms with van der Waals surface area (Å²) in [5.41, 5.74) is 0.842. The molecule has 2 rings (SSSR count). The Kier molecular flexibility index (Phi) is 10.8. The van der Waals surface area contributed by atoms with Crippen LogP contribution in [0.25, 0.3) is 0 Å². The first-order chi connectivity index (χ1) is 14.1. The van der Waals surface area contributed by atoms with E-state index in [1.54, 1.807) is 23.1 Å². The summed E-state index contributed by atoms with van der Waals surface area (Å²) in [5.74, 6) is -0.293. The molecule has 1 fully saturated rings. The Bertz CT molecular complexity index is 786. The molecule has 1 N–H and O–H groups in total. The third-order valence-corrected chi connectivity index (χ3v) is 4.86. The smallest absolute Gasteiger partial charge is 0.347 e. The van der Waals surface area contributed by atoms with E-state index in [9.17, 15) is 22.8 Å². The van der Waals surface area contributed by atoms with E-state index in [1.165, 1.54) is 7.05 Å². The molecule has 0 atom stereocenters. The van der Waals surface area contributed by atoms with Crippen LogP contribution in [-0.2, 0) is 16.0 Å². The molecule has 2 amide bonds. The second-order valence-electron chi connectivity index (χ2n) is 6.94. The summed E-state index contributed by atoms with van der Waals surface area (Å²) in [6.45, 7) is 0.331. The monoisotopic (exact) mass is 575 g/mol. The van der Waals surface area contributed by atoms with Crippen LogP contribution in [-0.4, -0.2) is 92.0 Å². The molecule has 0 saturated carbocycles. The molecule has 0 radical (unpaired) electrons. The fraction of sp³-hybridized carbons (Fsp3) is 0.526. The second kappa shape index (κ2) is 12.3. The number of nitrogens with one attached hydrogen (secondary N) is 1. The Morgan fingerprint density at radius 2 is 1.81 bits per heavy atom. The van der Waals surface area contributed by atoms with E-state index in [0.717, 1.165) is 12.6 Å². The lowest BCUT2D eigenvalue weighted by atomic mass is 10.1. The standard InChI is InChI=1S/C19H25ClF3N5O2.HI/c1-24-18(25-12-17(30)26(2)13-19(21,22)23)28-8-6-27(7-9-28)16(29)11-14-4-3-5-15(20)10-14;/h3-5,10H,6-9,11-13H2,1-2H3,(H,24,25);1H. The maximum Gasteiger partial charge on any atom is 0.406 e. The number of piperazine rings is 1. The number of rotatable bonds is 5. The number of guanidine groups is 1. The van der Waals surface area contributed by atoms with Gasteiger partial charge < -0.3 is 20.0 Å². The van der Waals surface area contributed by atoms with Crippen LogP contribution in [0.5, 0.6) is 0 Å². The molecule has 0 aliphatic carbocycles. The van der Waals surface area contributed by atoms with Gasteiger partial charge in [-0.15, -0.1) is 24.0 Å². The quantitative estimate of drug-likeness (QED) is 0.332. The van der Waals surface area contributed by atoms with Gasteiger partial charge in [-0.3, -0.25) is 14.6 Å². The second-order valence-corrected chi connectivity index (χ2v) is 7.38. The topological polar surface area (TPSA) is 68.2 Å². The Morgan fingerprint density at radius 3 is 2.35 bits per heavy atom. The molecule has 0 bridgehead atoms. The van der Waals surface area contributed by atoms with Gasteiger partial charge in [0.15, 0.2) is 5.96 Å². The summed E-state index contributed by atoms with van der Waals surface area (Å²) >= 11 is 5.95. The third kappa shape index (κ3) is 9.09. The lowest BCUT2D eigenvalue weighted by Crippen LogP contribution is -2.55. The molecule has 0 aromatic heterocycles. The van der Waals surface area contributed by atoms with Crippen molar-refractivity contribution in [2.24, 2.45) is 4.99 Å². The van der Waals surface area contributed by atoms with Crippen LogP contribution < -0.4 is 5.32 Å². The minimum absolute atomic E-state index is 0. The number of aliphatic imine (C=N–C) groups is 1. The Hall–Kier alpha value is -1.76. The molecule has 31 heavy (non-hydrogen) atoms. The maximum atomic E-state index is 12.5. The largest absolute Gasteiger partial charge is 0.406 e. The Balaban J connectivity index is 0.00000480. The molecule has 1 aromatic carbocycles. The van der Waals surface area contributed by atoms with Crippen molar-refractivity contribution < 1.29 is 22.8 Å². The van der Waals surface area contributed by atoms with Crippen molar-refractivity contribution in [3.05, 3.63) is 34.9 Å². The van der Waals surface area contributed by atoms with Crippen molar-refractivity contribution >= 4 is 53.4 Å². The van der Waals surface area contributed by atoms with Gasteiger partial charge in [0.2, 0.25) is 11.8 Å². The van der Waals surface area contributed by atoms with Gasteiger partial charge in [0.25, 0.3) is 0 Å². The van der Waals surface area contributed by atoms with Crippen LogP contribution in [0.1, 0.15) is 5.56 Å². The van der Waals surface area contributed by atoms with E-state index in [-0.39, 0.29) is 42.8 Å². The number of hydrogen-bond acceptors (Lipinski definition) is 3. The highest BCUT2D eigenvalue weighted by molar-refractivity contribution is 14.0. The molecule has 1 aromatic rings. The fourth-order valence-electron chi connectivity index (χ4n) is 3.08. The predicted octanol–water partition coefficient (Wildman–Crippen LogP) is 2.24. The van der Waals surface area contributed by atoms with Gasteiger partial charge in [0, 0.05) is 45.3 Å². The predicted molar refractivity (Wildman–Crippen MR) is 124 cm³/mol. The van der Waals surface area contributed by atoms with Gasteiger partial charge >= 0.3 is 6.18 Å². The summed E-state index contributed by atoms with van der Waals surface area (Å²) in [7, 11) is 2.63. The zero-order valence-corrected chi connectivity index (χ0v) is 20.4. The molecule has 0 unspecified atom stereocenters. The van der Waals surface area contributed by atoms with Crippen LogP contribution in [0.2, 0.25) is 5.02 Å². The maximum absolute atomic E-state index is 12.5. The number of amides is 2. The third-order valence-electron chi connectivity index (χ3n) is 4.63. The Morgan fingerprint density at radius 1 is 1.19 bits per heavy atom. The number of benzene rings is 1. The van der Waals surface area contributed by atoms with Crippen molar-refractivity contribution in [2.75, 3.05) is 53.4 Å². The molecule has 12 heteroatoms. The van der Waals surface area contributed by atoms with E-state index in [4.69, 9.17) is 11.6 Å². The number of carbonyl (C=O) groups excluding carboxylic acids is 2. The highest BCUT2D eigenvalue weighted by Crippen LogP contribution is 2.15. The lowest BCUT2D eigenvalue weighted by Gasteiger charge is -2.36. The van der Waals surface area contributed by atoms with Gasteiger partial charge in [-0.25, -0.2) is 0 Å². The van der Waals surface area contributed by atoms with Gasteiger partial charge in [0.1, 0.15) is 6.54 Å². The van der Waals surface area contributed by atoms with E-state index in [1.807, 2.05) is 11.0 Å². The first-order valence-corrected chi connectivity index (χ1v) is 9.75. The van der Waals surface area contributed by atoms with Crippen LogP contribution in [0.4, 0.5) is 13.2 Å². The average molecular weight is 576 g/mol. The van der Waals surface area contributed by atoms with Crippen LogP contribution >= 0.6 is 35.6 Å². The lowest BCUT2D eigenvalue weighted by molar-refractivity contribution is -0.157. The molecule has 1 saturated heterocycles. The fourth-order valence-corrected chi connectivity index (χ4v) is 3.29. The molecule has 1 aliphatic heterocycles. The summed E-state index contributed by atoms with van der Waals surface area (Å²) < 4.78 is 37.2. The highest BCUT2D eigenvalue weighted by Gasteiger charge is 2.31. The minimum Gasteiger partial charge on any atom is -0.347 e. The van der Waals surface area contributed by atoms with Gasteiger partial charge in [-0.05, 0) is 17.7 Å². The van der Waals surface area contributed by atoms with E-state index in [0.29, 0.717) is 42.1 Å². The SMILES string of the molecule is CN=C(NCC(=O)N(C)CC(F)(F)F)N1CCN(C(=O)Cc2cccc(Cl)c2)CC1.I. The number of hydrogen-bond donors (Lipinski definition) is 1. The van der Waals surface area contributed by atoms with E-state index >= 15 is 0 Å². The molecular formula is C19H26ClF3IN5O2. The molecular weight excluding hydrogens is 550 g/mol. The molecule has 1 aliphatic rings. The normalized spacial score (nSPS) is 14.7. The molecule has 1 heterocycles. The molecule has 7 nitrogen and oxygen atoms in total. The number of nitrogens with zero attached hydrogens (tertiary/aromatic N) is 4. The highest BCUT2D eigenvalue weighted by atomic mass is 127. The van der Waals surface area contributed by atoms with Crippen molar-refractivity contribution in [3.63, 3.8) is 0 Å². The number of carbonyl (C=O) groups is 2. The van der Waals surface area contributed by atoms with E-state index in [2.05, 4.69) is 10.3 Å². The van der Waals surface area contributed by atoms with Crippen molar-refractivity contribution in [2.45, 2.75) is 12.6 Å². The summed E-state index contributed by atoms with van der Waals surface area (Å²) in [6.07, 6.45) is -4.19. The van der Waals surface area contributed by atoms with Crippen LogP contribution in [0, 0.1) is 0 Å². The number of halogens is 5. The van der Waals surface area contributed by atoms with Crippen molar-refractivity contribution in [3.8, 4) is 0 Å². The number of likely N-dealkylation sites (N-methyl/N-ethyl adjacent to an activating group) is 1. The zero-order valence-electron chi connectivity index (χ0n) is 17.3. The number of alkyl halides is 3. The summed E-state index contributed by atoms with van der Waals surface area (Å²) in [5, 5.41) is 3.37. The average Bonchev–Trinajstić information content (AvgIpc) is 2.67. The van der Waals surface area contributed by atoms with Gasteiger partial charge in [-0.1, -0.05) is 23.7 Å². The van der Waals surface area contributed by atoms with Crippen LogP contribution in [0.15, 0.2) is 29.3 Å². The van der Waals surface area contributed by atoms with Gasteiger partial charge in [-0.2, -0.15) is 13.2 Å². The summed E-state index contributed by atoms with van der Waals surface area (Å²) in [4.78, 5) is 32.7. The van der Waals surface area contributed by atoms with Crippen molar-refractivity contribution in [1.29, 1.82) is 0 Å². The van der Waals surface area contributed by atoms with Crippen molar-refractivity contribution in [1.82, 2.24) is 20.0 Å².